The maximum Gasteiger partial charge on any atom is 0.338 e. The van der Waals surface area contributed by atoms with Gasteiger partial charge in [-0.2, -0.15) is 0 Å². The first-order valence-corrected chi connectivity index (χ1v) is 8.63. The van der Waals surface area contributed by atoms with E-state index < -0.39 is 24.4 Å². The van der Waals surface area contributed by atoms with Crippen molar-refractivity contribution in [3.8, 4) is 5.75 Å². The summed E-state index contributed by atoms with van der Waals surface area (Å²) in [6, 6.07) is 9.46. The molecule has 1 aromatic heterocycles. The second kappa shape index (κ2) is 10.6. The van der Waals surface area contributed by atoms with Crippen LogP contribution in [0.15, 0.2) is 47.1 Å². The minimum Gasteiger partial charge on any atom is -0.494 e. The highest BCUT2D eigenvalue weighted by atomic mass is 16.5. The average molecular weight is 374 g/mol. The molecule has 2 amide bonds. The normalized spacial score (nSPS) is 10.1. The van der Waals surface area contributed by atoms with E-state index in [0.717, 1.165) is 19.3 Å². The predicted octanol–water partition coefficient (Wildman–Crippen LogP) is 2.47. The second-order valence-corrected chi connectivity index (χ2v) is 5.64. The molecule has 2 aromatic rings. The first-order chi connectivity index (χ1) is 13.1. The molecule has 144 valence electrons. The molecule has 27 heavy (non-hydrogen) atoms. The molecular formula is C19H22N2O6. The molecule has 0 radical (unpaired) electrons. The lowest BCUT2D eigenvalue weighted by molar-refractivity contribution is -0.125. The van der Waals surface area contributed by atoms with Crippen molar-refractivity contribution in [3.63, 3.8) is 0 Å². The summed E-state index contributed by atoms with van der Waals surface area (Å²) in [5.74, 6) is -1.24. The van der Waals surface area contributed by atoms with Gasteiger partial charge in [-0.25, -0.2) is 4.79 Å². The average Bonchev–Trinajstić information content (AvgIpc) is 3.23. The lowest BCUT2D eigenvalue weighted by Gasteiger charge is -2.08. The lowest BCUT2D eigenvalue weighted by Crippen LogP contribution is -2.43. The standard InChI is InChI=1S/C19H22N2O6/c1-2-3-4-11-25-15-9-7-14(8-10-15)19(24)27-13-17(22)20-21-18(23)16-6-5-12-26-16/h5-10,12H,2-4,11,13H2,1H3,(H,20,22)(H,21,23). The van der Waals surface area contributed by atoms with E-state index in [1.54, 1.807) is 30.3 Å². The molecule has 2 rings (SSSR count). The summed E-state index contributed by atoms with van der Waals surface area (Å²) in [4.78, 5) is 35.1. The van der Waals surface area contributed by atoms with Gasteiger partial charge in [-0.15, -0.1) is 0 Å². The molecule has 0 unspecified atom stereocenters. The second-order valence-electron chi connectivity index (χ2n) is 5.64. The third kappa shape index (κ3) is 6.85. The number of ether oxygens (including phenoxy) is 2. The van der Waals surface area contributed by atoms with E-state index in [1.165, 1.54) is 12.3 Å². The van der Waals surface area contributed by atoms with Gasteiger partial charge in [0.05, 0.1) is 18.4 Å². The molecule has 0 aliphatic heterocycles. The van der Waals surface area contributed by atoms with Crippen molar-refractivity contribution in [1.82, 2.24) is 10.9 Å². The topological polar surface area (TPSA) is 107 Å². The van der Waals surface area contributed by atoms with Crippen LogP contribution in [-0.2, 0) is 9.53 Å². The molecule has 0 atom stereocenters. The number of carbonyl (C=O) groups is 3. The van der Waals surface area contributed by atoms with Gasteiger partial charge >= 0.3 is 11.9 Å². The molecule has 8 heteroatoms. The molecular weight excluding hydrogens is 352 g/mol. The summed E-state index contributed by atoms with van der Waals surface area (Å²) in [5, 5.41) is 0. The zero-order chi connectivity index (χ0) is 19.5. The van der Waals surface area contributed by atoms with Crippen molar-refractivity contribution in [1.29, 1.82) is 0 Å². The van der Waals surface area contributed by atoms with Gasteiger partial charge < -0.3 is 13.9 Å². The van der Waals surface area contributed by atoms with Gasteiger partial charge in [0.25, 0.3) is 5.91 Å². The van der Waals surface area contributed by atoms with Crippen LogP contribution in [0.5, 0.6) is 5.75 Å². The first kappa shape index (κ1) is 20.0. The third-order valence-electron chi connectivity index (χ3n) is 3.50. The number of nitrogens with one attached hydrogen (secondary N) is 2. The Morgan fingerprint density at radius 3 is 2.48 bits per heavy atom. The summed E-state index contributed by atoms with van der Waals surface area (Å²) >= 11 is 0. The van der Waals surface area contributed by atoms with Crippen LogP contribution in [0, 0.1) is 0 Å². The Kier molecular flexibility index (Phi) is 7.90. The van der Waals surface area contributed by atoms with E-state index in [4.69, 9.17) is 13.9 Å². The summed E-state index contributed by atoms with van der Waals surface area (Å²) in [6.07, 6.45) is 4.54. The Labute approximate surface area is 156 Å². The van der Waals surface area contributed by atoms with Gasteiger partial charge in [0, 0.05) is 0 Å². The number of unbranched alkanes of at least 4 members (excludes halogenated alkanes) is 2. The van der Waals surface area contributed by atoms with E-state index in [0.29, 0.717) is 17.9 Å². The van der Waals surface area contributed by atoms with E-state index in [9.17, 15) is 14.4 Å². The monoisotopic (exact) mass is 374 g/mol. The fourth-order valence-corrected chi connectivity index (χ4v) is 2.08. The smallest absolute Gasteiger partial charge is 0.338 e. The van der Waals surface area contributed by atoms with Crippen molar-refractivity contribution < 1.29 is 28.3 Å². The van der Waals surface area contributed by atoms with Crippen LogP contribution in [0.4, 0.5) is 0 Å². The number of rotatable bonds is 9. The van der Waals surface area contributed by atoms with Gasteiger partial charge in [-0.3, -0.25) is 20.4 Å². The van der Waals surface area contributed by atoms with Crippen LogP contribution in [0.3, 0.4) is 0 Å². The van der Waals surface area contributed by atoms with E-state index >= 15 is 0 Å². The van der Waals surface area contributed by atoms with Crippen LogP contribution in [-0.4, -0.2) is 31.0 Å². The zero-order valence-electron chi connectivity index (χ0n) is 15.0. The van der Waals surface area contributed by atoms with Crippen molar-refractivity contribution in [2.24, 2.45) is 0 Å². The van der Waals surface area contributed by atoms with Gasteiger partial charge in [0.2, 0.25) is 0 Å². The molecule has 0 aliphatic rings. The van der Waals surface area contributed by atoms with Crippen molar-refractivity contribution in [2.75, 3.05) is 13.2 Å². The molecule has 0 aliphatic carbocycles. The Hall–Kier alpha value is -3.29. The molecule has 0 saturated carbocycles. The van der Waals surface area contributed by atoms with Crippen LogP contribution < -0.4 is 15.6 Å². The molecule has 0 saturated heterocycles. The predicted molar refractivity (Wildman–Crippen MR) is 96.1 cm³/mol. The lowest BCUT2D eigenvalue weighted by atomic mass is 10.2. The Morgan fingerprint density at radius 1 is 1.04 bits per heavy atom. The van der Waals surface area contributed by atoms with Gasteiger partial charge in [0.15, 0.2) is 12.4 Å². The van der Waals surface area contributed by atoms with Crippen LogP contribution in [0.1, 0.15) is 47.1 Å². The maximum absolute atomic E-state index is 11.9. The Morgan fingerprint density at radius 2 is 1.81 bits per heavy atom. The van der Waals surface area contributed by atoms with Crippen molar-refractivity contribution in [3.05, 3.63) is 54.0 Å². The number of hydrogen-bond donors (Lipinski definition) is 2. The van der Waals surface area contributed by atoms with E-state index in [1.807, 2.05) is 0 Å². The Bertz CT molecular complexity index is 740. The molecule has 8 nitrogen and oxygen atoms in total. The highest BCUT2D eigenvalue weighted by Crippen LogP contribution is 2.13. The number of carbonyl (C=O) groups excluding carboxylic acids is 3. The molecule has 0 bridgehead atoms. The number of hydrazine groups is 1. The molecule has 0 fully saturated rings. The molecule has 1 heterocycles. The molecule has 0 spiro atoms. The number of esters is 1. The van der Waals surface area contributed by atoms with Crippen LogP contribution in [0.25, 0.3) is 0 Å². The quantitative estimate of drug-likeness (QED) is 0.397. The highest BCUT2D eigenvalue weighted by Gasteiger charge is 2.12. The largest absolute Gasteiger partial charge is 0.494 e. The van der Waals surface area contributed by atoms with Gasteiger partial charge in [-0.1, -0.05) is 19.8 Å². The number of hydrogen-bond acceptors (Lipinski definition) is 6. The highest BCUT2D eigenvalue weighted by molar-refractivity contribution is 5.94. The van der Waals surface area contributed by atoms with Crippen molar-refractivity contribution in [2.45, 2.75) is 26.2 Å². The zero-order valence-corrected chi connectivity index (χ0v) is 15.0. The minimum absolute atomic E-state index is 0.0456. The minimum atomic E-state index is -0.681. The fourth-order valence-electron chi connectivity index (χ4n) is 2.08. The van der Waals surface area contributed by atoms with E-state index in [2.05, 4.69) is 17.8 Å². The fraction of sp³-hybridized carbons (Fsp3) is 0.316. The molecule has 1 aromatic carbocycles. The van der Waals surface area contributed by atoms with Crippen LogP contribution in [0.2, 0.25) is 0 Å². The summed E-state index contributed by atoms with van der Waals surface area (Å²) in [7, 11) is 0. The number of furan rings is 1. The summed E-state index contributed by atoms with van der Waals surface area (Å²) < 4.78 is 15.3. The van der Waals surface area contributed by atoms with Gasteiger partial charge in [-0.05, 0) is 42.8 Å². The van der Waals surface area contributed by atoms with E-state index in [-0.39, 0.29) is 5.76 Å². The first-order valence-electron chi connectivity index (χ1n) is 8.63. The molecule has 2 N–H and O–H groups in total. The van der Waals surface area contributed by atoms with Gasteiger partial charge in [0.1, 0.15) is 5.75 Å². The number of amides is 2. The third-order valence-corrected chi connectivity index (χ3v) is 3.50. The summed E-state index contributed by atoms with van der Waals surface area (Å²) in [6.45, 7) is 2.21. The Balaban J connectivity index is 1.69. The summed E-state index contributed by atoms with van der Waals surface area (Å²) in [5.41, 5.74) is 4.56. The van der Waals surface area contributed by atoms with Crippen LogP contribution >= 0.6 is 0 Å². The maximum atomic E-state index is 11.9. The van der Waals surface area contributed by atoms with Crippen molar-refractivity contribution >= 4 is 17.8 Å². The SMILES string of the molecule is CCCCCOc1ccc(C(=O)OCC(=O)NNC(=O)c2ccco2)cc1. The number of benzene rings is 1.